The first-order chi connectivity index (χ1) is 4.43. The van der Waals surface area contributed by atoms with E-state index in [1.54, 1.807) is 0 Å². The van der Waals surface area contributed by atoms with Gasteiger partial charge in [0.1, 0.15) is 0 Å². The van der Waals surface area contributed by atoms with E-state index in [4.69, 9.17) is 4.84 Å². The monoisotopic (exact) mass is 143 g/mol. The summed E-state index contributed by atoms with van der Waals surface area (Å²) >= 11 is 0. The van der Waals surface area contributed by atoms with Crippen LogP contribution in [0.2, 0.25) is 0 Å². The summed E-state index contributed by atoms with van der Waals surface area (Å²) in [5.74, 6) is 0.610. The molecule has 0 aliphatic carbocycles. The molecule has 0 aromatic carbocycles. The summed E-state index contributed by atoms with van der Waals surface area (Å²) < 4.78 is 0. The van der Waals surface area contributed by atoms with Gasteiger partial charge in [0.25, 0.3) is 0 Å². The van der Waals surface area contributed by atoms with E-state index in [2.05, 4.69) is 39.7 Å². The molecule has 0 spiro atoms. The first kappa shape index (κ1) is 8.02. The van der Waals surface area contributed by atoms with E-state index in [0.717, 1.165) is 0 Å². The quantitative estimate of drug-likeness (QED) is 0.522. The van der Waals surface area contributed by atoms with Crippen LogP contribution in [0.4, 0.5) is 0 Å². The molecule has 0 saturated carbocycles. The van der Waals surface area contributed by atoms with Crippen molar-refractivity contribution in [2.75, 3.05) is 0 Å². The molecule has 1 saturated heterocycles. The number of hydroxylamine groups is 2. The van der Waals surface area contributed by atoms with Crippen LogP contribution in [0.1, 0.15) is 34.6 Å². The second-order valence-corrected chi connectivity index (χ2v) is 4.24. The number of nitrogens with zero attached hydrogens (tertiary/aromatic N) is 1. The highest BCUT2D eigenvalue weighted by molar-refractivity contribution is 4.81. The first-order valence-electron chi connectivity index (χ1n) is 3.89. The minimum absolute atomic E-state index is 0.176. The maximum atomic E-state index is 5.38. The Morgan fingerprint density at radius 2 is 1.80 bits per heavy atom. The van der Waals surface area contributed by atoms with E-state index in [0.29, 0.717) is 12.1 Å². The molecule has 1 aliphatic rings. The van der Waals surface area contributed by atoms with E-state index in [1.807, 2.05) is 0 Å². The van der Waals surface area contributed by atoms with Crippen molar-refractivity contribution in [1.82, 2.24) is 5.06 Å². The minimum atomic E-state index is 0.176. The number of rotatable bonds is 1. The summed E-state index contributed by atoms with van der Waals surface area (Å²) in [5.41, 5.74) is 0.176. The molecular formula is C8H17NO. The molecule has 2 nitrogen and oxygen atoms in total. The van der Waals surface area contributed by atoms with Gasteiger partial charge in [0.05, 0.1) is 0 Å². The van der Waals surface area contributed by atoms with Crippen molar-refractivity contribution < 1.29 is 4.84 Å². The lowest BCUT2D eigenvalue weighted by atomic mass is 10.1. The molecule has 0 aromatic heterocycles. The maximum Gasteiger partial charge on any atom is 0.157 e. The Morgan fingerprint density at radius 1 is 1.30 bits per heavy atom. The molecule has 60 valence electrons. The van der Waals surface area contributed by atoms with Gasteiger partial charge in [-0.2, -0.15) is 5.06 Å². The molecule has 0 bridgehead atoms. The lowest BCUT2D eigenvalue weighted by molar-refractivity contribution is 0.101. The van der Waals surface area contributed by atoms with E-state index in [-0.39, 0.29) is 5.54 Å². The number of hydrogen-bond acceptors (Lipinski definition) is 2. The van der Waals surface area contributed by atoms with Crippen LogP contribution in [0.3, 0.4) is 0 Å². The van der Waals surface area contributed by atoms with E-state index < -0.39 is 0 Å². The Balaban J connectivity index is 2.39. The molecule has 0 aromatic rings. The second kappa shape index (κ2) is 2.21. The molecule has 0 amide bonds. The van der Waals surface area contributed by atoms with Crippen LogP contribution >= 0.6 is 0 Å². The van der Waals surface area contributed by atoms with Crippen LogP contribution in [0, 0.1) is 5.92 Å². The zero-order chi connectivity index (χ0) is 7.94. The standard InChI is InChI=1S/C8H17NO/c1-6(2)7-9(10-7)8(3,4)5/h6-7H,1-5H3. The van der Waals surface area contributed by atoms with Gasteiger partial charge < -0.3 is 0 Å². The molecule has 0 radical (unpaired) electrons. The van der Waals surface area contributed by atoms with Crippen molar-refractivity contribution >= 4 is 0 Å². The Morgan fingerprint density at radius 3 is 1.90 bits per heavy atom. The molecule has 1 fully saturated rings. The topological polar surface area (TPSA) is 15.5 Å². The van der Waals surface area contributed by atoms with E-state index in [9.17, 15) is 0 Å². The Bertz CT molecular complexity index is 126. The van der Waals surface area contributed by atoms with Crippen molar-refractivity contribution in [2.45, 2.75) is 46.4 Å². The third-order valence-corrected chi connectivity index (χ3v) is 1.64. The molecule has 0 N–H and O–H groups in total. The van der Waals surface area contributed by atoms with Crippen molar-refractivity contribution in [3.63, 3.8) is 0 Å². The summed E-state index contributed by atoms with van der Waals surface area (Å²) in [7, 11) is 0. The fourth-order valence-corrected chi connectivity index (χ4v) is 1.02. The molecule has 1 rings (SSSR count). The summed E-state index contributed by atoms with van der Waals surface area (Å²) in [6.45, 7) is 10.8. The van der Waals surface area contributed by atoms with Crippen LogP contribution in [-0.2, 0) is 4.84 Å². The van der Waals surface area contributed by atoms with Gasteiger partial charge in [-0.25, -0.2) is 0 Å². The average molecular weight is 143 g/mol. The summed E-state index contributed by atoms with van der Waals surface area (Å²) in [6, 6.07) is 0. The maximum absolute atomic E-state index is 5.38. The zero-order valence-electron chi connectivity index (χ0n) is 7.51. The van der Waals surface area contributed by atoms with Gasteiger partial charge in [0, 0.05) is 5.54 Å². The highest BCUT2D eigenvalue weighted by Gasteiger charge is 2.46. The van der Waals surface area contributed by atoms with Gasteiger partial charge in [-0.3, -0.25) is 4.84 Å². The van der Waals surface area contributed by atoms with Crippen LogP contribution in [0.15, 0.2) is 0 Å². The van der Waals surface area contributed by atoms with Crippen LogP contribution in [0.5, 0.6) is 0 Å². The third kappa shape index (κ3) is 1.50. The summed E-state index contributed by atoms with van der Waals surface area (Å²) in [5, 5.41) is 2.05. The van der Waals surface area contributed by atoms with Crippen molar-refractivity contribution in [3.05, 3.63) is 0 Å². The summed E-state index contributed by atoms with van der Waals surface area (Å²) in [4.78, 5) is 5.38. The van der Waals surface area contributed by atoms with Crippen LogP contribution < -0.4 is 0 Å². The highest BCUT2D eigenvalue weighted by atomic mass is 16.8. The van der Waals surface area contributed by atoms with Gasteiger partial charge in [-0.1, -0.05) is 13.8 Å². The molecule has 2 atom stereocenters. The number of hydrogen-bond donors (Lipinski definition) is 0. The van der Waals surface area contributed by atoms with Crippen molar-refractivity contribution in [1.29, 1.82) is 0 Å². The minimum Gasteiger partial charge on any atom is -0.274 e. The molecule has 2 heteroatoms. The third-order valence-electron chi connectivity index (χ3n) is 1.64. The smallest absolute Gasteiger partial charge is 0.157 e. The largest absolute Gasteiger partial charge is 0.274 e. The Kier molecular flexibility index (Phi) is 1.77. The zero-order valence-corrected chi connectivity index (χ0v) is 7.51. The lowest BCUT2D eigenvalue weighted by Crippen LogP contribution is -2.28. The Hall–Kier alpha value is -0.0800. The molecule has 1 heterocycles. The molecular weight excluding hydrogens is 126 g/mol. The summed E-state index contributed by atoms with van der Waals surface area (Å²) in [6.07, 6.45) is 0.361. The Labute approximate surface area is 63.1 Å². The van der Waals surface area contributed by atoms with Crippen LogP contribution in [-0.4, -0.2) is 16.8 Å². The average Bonchev–Trinajstić information content (AvgIpc) is 2.35. The lowest BCUT2D eigenvalue weighted by Gasteiger charge is -2.17. The first-order valence-corrected chi connectivity index (χ1v) is 3.89. The highest BCUT2D eigenvalue weighted by Crippen LogP contribution is 2.35. The fraction of sp³-hybridized carbons (Fsp3) is 1.00. The van der Waals surface area contributed by atoms with Crippen molar-refractivity contribution in [3.8, 4) is 0 Å². The predicted molar refractivity (Wildman–Crippen MR) is 41.3 cm³/mol. The van der Waals surface area contributed by atoms with Crippen LogP contribution in [0.25, 0.3) is 0 Å². The molecule has 10 heavy (non-hydrogen) atoms. The van der Waals surface area contributed by atoms with Gasteiger partial charge in [-0.05, 0) is 26.7 Å². The van der Waals surface area contributed by atoms with Gasteiger partial charge in [0.2, 0.25) is 0 Å². The van der Waals surface area contributed by atoms with Gasteiger partial charge in [0.15, 0.2) is 6.23 Å². The normalized spacial score (nSPS) is 33.0. The van der Waals surface area contributed by atoms with Gasteiger partial charge in [-0.15, -0.1) is 0 Å². The molecule has 2 unspecified atom stereocenters. The van der Waals surface area contributed by atoms with E-state index >= 15 is 0 Å². The van der Waals surface area contributed by atoms with E-state index in [1.165, 1.54) is 0 Å². The SMILES string of the molecule is CC(C)C1ON1C(C)(C)C. The molecule has 1 aliphatic heterocycles. The van der Waals surface area contributed by atoms with Gasteiger partial charge >= 0.3 is 0 Å². The second-order valence-electron chi connectivity index (χ2n) is 4.24. The van der Waals surface area contributed by atoms with Crippen molar-refractivity contribution in [2.24, 2.45) is 5.92 Å². The fourth-order valence-electron chi connectivity index (χ4n) is 1.02. The predicted octanol–water partition coefficient (Wildman–Crippen LogP) is 2.01.